The fourth-order valence-electron chi connectivity index (χ4n) is 0.979. The number of aromatic nitrogens is 1. The molecule has 0 unspecified atom stereocenters. The fourth-order valence-corrected chi connectivity index (χ4v) is 0.979. The van der Waals surface area contributed by atoms with Crippen LogP contribution in [0.4, 0.5) is 0 Å². The highest BCUT2D eigenvalue weighted by Crippen LogP contribution is 2.02. The van der Waals surface area contributed by atoms with Crippen molar-refractivity contribution in [2.75, 3.05) is 0 Å². The molecule has 0 fully saturated rings. The van der Waals surface area contributed by atoms with Crippen LogP contribution in [-0.2, 0) is 0 Å². The van der Waals surface area contributed by atoms with Gasteiger partial charge in [-0.15, -0.1) is 0 Å². The van der Waals surface area contributed by atoms with E-state index in [0.717, 1.165) is 11.3 Å². The highest BCUT2D eigenvalue weighted by atomic mass is 14.8. The molecule has 0 bridgehead atoms. The molecule has 1 aromatic rings. The molecular formula is C8H11N3. The highest BCUT2D eigenvalue weighted by Gasteiger charge is 1.98. The summed E-state index contributed by atoms with van der Waals surface area (Å²) in [6.45, 7) is 3.85. The molecule has 3 nitrogen and oxygen atoms in total. The number of rotatable bonds is 1. The molecule has 0 aliphatic carbocycles. The van der Waals surface area contributed by atoms with Gasteiger partial charge >= 0.3 is 0 Å². The monoisotopic (exact) mass is 149 g/mol. The van der Waals surface area contributed by atoms with Crippen LogP contribution >= 0.6 is 0 Å². The summed E-state index contributed by atoms with van der Waals surface area (Å²) >= 11 is 0. The van der Waals surface area contributed by atoms with Crippen LogP contribution < -0.4 is 5.73 Å². The van der Waals surface area contributed by atoms with E-state index in [0.29, 0.717) is 5.69 Å². The number of nitrogens with two attached hydrogens (primary N) is 1. The highest BCUT2D eigenvalue weighted by molar-refractivity contribution is 5.93. The minimum Gasteiger partial charge on any atom is -0.382 e. The Labute approximate surface area is 65.8 Å². The largest absolute Gasteiger partial charge is 0.382 e. The van der Waals surface area contributed by atoms with Crippen LogP contribution in [0.5, 0.6) is 0 Å². The van der Waals surface area contributed by atoms with Crippen molar-refractivity contribution < 1.29 is 0 Å². The number of aryl methyl sites for hydroxylation is 2. The molecule has 1 heterocycles. The van der Waals surface area contributed by atoms with Crippen molar-refractivity contribution in [3.8, 4) is 0 Å². The summed E-state index contributed by atoms with van der Waals surface area (Å²) in [5.41, 5.74) is 7.81. The van der Waals surface area contributed by atoms with Crippen LogP contribution in [0, 0.1) is 19.3 Å². The SMILES string of the molecule is Cc1cc(C)nc(C(=N)N)c1. The van der Waals surface area contributed by atoms with Crippen molar-refractivity contribution in [1.29, 1.82) is 5.41 Å². The molecule has 0 atom stereocenters. The molecule has 0 amide bonds. The van der Waals surface area contributed by atoms with Gasteiger partial charge in [0.05, 0.1) is 0 Å². The van der Waals surface area contributed by atoms with Gasteiger partial charge in [-0.2, -0.15) is 0 Å². The molecule has 58 valence electrons. The Morgan fingerprint density at radius 3 is 2.55 bits per heavy atom. The Kier molecular flexibility index (Phi) is 1.89. The number of nitrogens with one attached hydrogen (secondary N) is 1. The molecule has 1 aromatic heterocycles. The van der Waals surface area contributed by atoms with Gasteiger partial charge in [0.1, 0.15) is 11.5 Å². The van der Waals surface area contributed by atoms with Gasteiger partial charge in [-0.05, 0) is 31.5 Å². The van der Waals surface area contributed by atoms with Crippen molar-refractivity contribution >= 4 is 5.84 Å². The maximum atomic E-state index is 7.14. The number of hydrogen-bond donors (Lipinski definition) is 2. The Morgan fingerprint density at radius 1 is 1.45 bits per heavy atom. The van der Waals surface area contributed by atoms with E-state index in [2.05, 4.69) is 4.98 Å². The van der Waals surface area contributed by atoms with Crippen LogP contribution in [0.1, 0.15) is 17.0 Å². The maximum absolute atomic E-state index is 7.14. The number of hydrogen-bond acceptors (Lipinski definition) is 2. The molecule has 3 heteroatoms. The average molecular weight is 149 g/mol. The molecule has 3 N–H and O–H groups in total. The van der Waals surface area contributed by atoms with Crippen LogP contribution in [0.25, 0.3) is 0 Å². The van der Waals surface area contributed by atoms with Gasteiger partial charge in [0.15, 0.2) is 0 Å². The lowest BCUT2D eigenvalue weighted by Gasteiger charge is -2.00. The first-order valence-electron chi connectivity index (χ1n) is 3.39. The molecule has 0 aromatic carbocycles. The normalized spacial score (nSPS) is 9.64. The summed E-state index contributed by atoms with van der Waals surface area (Å²) in [5.74, 6) is 0.0248. The standard InChI is InChI=1S/C8H11N3/c1-5-3-6(2)11-7(4-5)8(9)10/h3-4H,1-2H3,(H3,9,10). The van der Waals surface area contributed by atoms with Crippen LogP contribution in [0.3, 0.4) is 0 Å². The van der Waals surface area contributed by atoms with E-state index in [1.807, 2.05) is 19.9 Å². The molecule has 0 aliphatic heterocycles. The van der Waals surface area contributed by atoms with Crippen LogP contribution in [0.15, 0.2) is 12.1 Å². The lowest BCUT2D eigenvalue weighted by atomic mass is 10.2. The first-order chi connectivity index (χ1) is 5.09. The molecule has 1 rings (SSSR count). The zero-order valence-corrected chi connectivity index (χ0v) is 6.68. The van der Waals surface area contributed by atoms with E-state index in [-0.39, 0.29) is 5.84 Å². The molecule has 0 aliphatic rings. The quantitative estimate of drug-likeness (QED) is 0.462. The molecule has 0 spiro atoms. The van der Waals surface area contributed by atoms with E-state index >= 15 is 0 Å². The third-order valence-electron chi connectivity index (χ3n) is 1.37. The van der Waals surface area contributed by atoms with E-state index in [9.17, 15) is 0 Å². The topological polar surface area (TPSA) is 62.8 Å². The summed E-state index contributed by atoms with van der Waals surface area (Å²) in [6.07, 6.45) is 0. The zero-order valence-electron chi connectivity index (χ0n) is 6.68. The summed E-state index contributed by atoms with van der Waals surface area (Å²) in [7, 11) is 0. The molecular weight excluding hydrogens is 138 g/mol. The second kappa shape index (κ2) is 2.70. The lowest BCUT2D eigenvalue weighted by Crippen LogP contribution is -2.13. The van der Waals surface area contributed by atoms with Gasteiger partial charge in [0.25, 0.3) is 0 Å². The van der Waals surface area contributed by atoms with Gasteiger partial charge in [-0.1, -0.05) is 0 Å². The molecule has 0 radical (unpaired) electrons. The Bertz CT molecular complexity index is 271. The predicted molar refractivity (Wildman–Crippen MR) is 44.7 cm³/mol. The average Bonchev–Trinajstić information content (AvgIpc) is 1.85. The number of nitrogen functional groups attached to an aromatic ring is 1. The molecule has 11 heavy (non-hydrogen) atoms. The van der Waals surface area contributed by atoms with Gasteiger partial charge < -0.3 is 5.73 Å². The lowest BCUT2D eigenvalue weighted by molar-refractivity contribution is 1.14. The Balaban J connectivity index is 3.19. The smallest absolute Gasteiger partial charge is 0.141 e. The first kappa shape index (κ1) is 7.72. The zero-order chi connectivity index (χ0) is 8.43. The second-order valence-electron chi connectivity index (χ2n) is 2.58. The van der Waals surface area contributed by atoms with Crippen molar-refractivity contribution in [2.24, 2.45) is 5.73 Å². The van der Waals surface area contributed by atoms with Crippen LogP contribution in [0.2, 0.25) is 0 Å². The first-order valence-corrected chi connectivity index (χ1v) is 3.39. The van der Waals surface area contributed by atoms with Crippen molar-refractivity contribution in [3.63, 3.8) is 0 Å². The predicted octanol–water partition coefficient (Wildman–Crippen LogP) is 0.983. The van der Waals surface area contributed by atoms with Crippen molar-refractivity contribution in [3.05, 3.63) is 29.1 Å². The molecule has 0 saturated heterocycles. The third kappa shape index (κ3) is 1.77. The molecule has 0 saturated carbocycles. The maximum Gasteiger partial charge on any atom is 0.141 e. The summed E-state index contributed by atoms with van der Waals surface area (Å²) < 4.78 is 0. The Morgan fingerprint density at radius 2 is 2.09 bits per heavy atom. The third-order valence-corrected chi connectivity index (χ3v) is 1.37. The van der Waals surface area contributed by atoms with E-state index < -0.39 is 0 Å². The number of amidine groups is 1. The summed E-state index contributed by atoms with van der Waals surface area (Å²) in [4.78, 5) is 4.08. The number of nitrogens with zero attached hydrogens (tertiary/aromatic N) is 1. The van der Waals surface area contributed by atoms with E-state index in [4.69, 9.17) is 11.1 Å². The van der Waals surface area contributed by atoms with Gasteiger partial charge in [-0.3, -0.25) is 5.41 Å². The van der Waals surface area contributed by atoms with E-state index in [1.165, 1.54) is 0 Å². The van der Waals surface area contributed by atoms with Gasteiger partial charge in [-0.25, -0.2) is 4.98 Å². The fraction of sp³-hybridized carbons (Fsp3) is 0.250. The summed E-state index contributed by atoms with van der Waals surface area (Å²) in [6, 6.07) is 3.75. The van der Waals surface area contributed by atoms with Gasteiger partial charge in [0.2, 0.25) is 0 Å². The van der Waals surface area contributed by atoms with Crippen molar-refractivity contribution in [1.82, 2.24) is 4.98 Å². The van der Waals surface area contributed by atoms with E-state index in [1.54, 1.807) is 6.07 Å². The minimum atomic E-state index is 0.0248. The minimum absolute atomic E-state index is 0.0248. The Hall–Kier alpha value is -1.38. The van der Waals surface area contributed by atoms with Crippen LogP contribution in [-0.4, -0.2) is 10.8 Å². The summed E-state index contributed by atoms with van der Waals surface area (Å²) in [5, 5.41) is 7.14. The number of pyridine rings is 1. The van der Waals surface area contributed by atoms with Gasteiger partial charge in [0, 0.05) is 5.69 Å². The second-order valence-corrected chi connectivity index (χ2v) is 2.58. The van der Waals surface area contributed by atoms with Crippen molar-refractivity contribution in [2.45, 2.75) is 13.8 Å².